The van der Waals surface area contributed by atoms with Gasteiger partial charge in [0, 0.05) is 25.7 Å². The van der Waals surface area contributed by atoms with Gasteiger partial charge in [0.25, 0.3) is 0 Å². The third kappa shape index (κ3) is 5.10. The Hall–Kier alpha value is -0.900. The standard InChI is InChI=1S/C18H30N2O/c1-4-20(5-2)14-17-9-7-6-8-16(17)13-19-18-10-11-21-15(3)12-18/h6-9,15,18-19H,4-5,10-14H2,1-3H3. The number of rotatable bonds is 7. The quantitative estimate of drug-likeness (QED) is 0.834. The van der Waals surface area contributed by atoms with Gasteiger partial charge in [-0.05, 0) is 44.0 Å². The number of ether oxygens (including phenoxy) is 1. The second kappa shape index (κ2) is 8.52. The summed E-state index contributed by atoms with van der Waals surface area (Å²) >= 11 is 0. The Labute approximate surface area is 129 Å². The summed E-state index contributed by atoms with van der Waals surface area (Å²) in [5.41, 5.74) is 2.89. The maximum Gasteiger partial charge on any atom is 0.0561 e. The highest BCUT2D eigenvalue weighted by Crippen LogP contribution is 2.16. The van der Waals surface area contributed by atoms with Gasteiger partial charge in [0.1, 0.15) is 0 Å². The molecule has 0 amide bonds. The van der Waals surface area contributed by atoms with Crippen LogP contribution in [0.1, 0.15) is 44.7 Å². The van der Waals surface area contributed by atoms with E-state index in [9.17, 15) is 0 Å². The SMILES string of the molecule is CCN(CC)Cc1ccccc1CNC1CCOC(C)C1. The molecular weight excluding hydrogens is 260 g/mol. The smallest absolute Gasteiger partial charge is 0.0561 e. The predicted molar refractivity (Wildman–Crippen MR) is 88.3 cm³/mol. The summed E-state index contributed by atoms with van der Waals surface area (Å²) in [6.07, 6.45) is 2.64. The van der Waals surface area contributed by atoms with Gasteiger partial charge in [-0.2, -0.15) is 0 Å². The first-order chi connectivity index (χ1) is 10.2. The van der Waals surface area contributed by atoms with Crippen LogP contribution in [0.25, 0.3) is 0 Å². The minimum absolute atomic E-state index is 0.391. The second-order valence-electron chi connectivity index (χ2n) is 6.01. The van der Waals surface area contributed by atoms with Crippen molar-refractivity contribution in [1.82, 2.24) is 10.2 Å². The monoisotopic (exact) mass is 290 g/mol. The summed E-state index contributed by atoms with van der Waals surface area (Å²) < 4.78 is 5.62. The number of nitrogens with zero attached hydrogens (tertiary/aromatic N) is 1. The summed E-state index contributed by atoms with van der Waals surface area (Å²) in [4.78, 5) is 2.47. The van der Waals surface area contributed by atoms with E-state index < -0.39 is 0 Å². The van der Waals surface area contributed by atoms with Crippen LogP contribution in [0.15, 0.2) is 24.3 Å². The average molecular weight is 290 g/mol. The summed E-state index contributed by atoms with van der Waals surface area (Å²) in [6, 6.07) is 9.42. The van der Waals surface area contributed by atoms with Crippen molar-refractivity contribution in [2.45, 2.75) is 58.8 Å². The lowest BCUT2D eigenvalue weighted by atomic mass is 10.0. The van der Waals surface area contributed by atoms with Gasteiger partial charge in [-0.1, -0.05) is 38.1 Å². The summed E-state index contributed by atoms with van der Waals surface area (Å²) in [5, 5.41) is 3.72. The maximum atomic E-state index is 5.62. The molecule has 3 heteroatoms. The van der Waals surface area contributed by atoms with Crippen molar-refractivity contribution < 1.29 is 4.74 Å². The van der Waals surface area contributed by atoms with Crippen LogP contribution in [-0.4, -0.2) is 36.7 Å². The topological polar surface area (TPSA) is 24.5 Å². The van der Waals surface area contributed by atoms with Crippen molar-refractivity contribution in [2.24, 2.45) is 0 Å². The van der Waals surface area contributed by atoms with Gasteiger partial charge in [-0.15, -0.1) is 0 Å². The fraction of sp³-hybridized carbons (Fsp3) is 0.667. The molecule has 21 heavy (non-hydrogen) atoms. The minimum atomic E-state index is 0.391. The third-order valence-electron chi connectivity index (χ3n) is 4.47. The predicted octanol–water partition coefficient (Wildman–Crippen LogP) is 3.19. The molecule has 118 valence electrons. The Morgan fingerprint density at radius 2 is 1.90 bits per heavy atom. The van der Waals surface area contributed by atoms with Crippen molar-refractivity contribution in [1.29, 1.82) is 0 Å². The first-order valence-electron chi connectivity index (χ1n) is 8.37. The Bertz CT molecular complexity index is 417. The zero-order chi connectivity index (χ0) is 15.1. The molecule has 0 aromatic heterocycles. The molecule has 0 bridgehead atoms. The van der Waals surface area contributed by atoms with E-state index in [1.54, 1.807) is 0 Å². The van der Waals surface area contributed by atoms with Crippen LogP contribution in [-0.2, 0) is 17.8 Å². The Morgan fingerprint density at radius 3 is 2.57 bits per heavy atom. The first kappa shape index (κ1) is 16.5. The molecular formula is C18H30N2O. The van der Waals surface area contributed by atoms with Gasteiger partial charge in [0.05, 0.1) is 6.10 Å². The molecule has 1 N–H and O–H groups in total. The van der Waals surface area contributed by atoms with Crippen molar-refractivity contribution in [3.63, 3.8) is 0 Å². The lowest BCUT2D eigenvalue weighted by Crippen LogP contribution is -2.37. The molecule has 3 nitrogen and oxygen atoms in total. The molecule has 0 aliphatic carbocycles. The highest BCUT2D eigenvalue weighted by molar-refractivity contribution is 5.27. The van der Waals surface area contributed by atoms with Crippen LogP contribution in [0.2, 0.25) is 0 Å². The van der Waals surface area contributed by atoms with Crippen LogP contribution in [0.5, 0.6) is 0 Å². The van der Waals surface area contributed by atoms with Gasteiger partial charge in [-0.3, -0.25) is 4.90 Å². The Balaban J connectivity index is 1.93. The fourth-order valence-corrected chi connectivity index (χ4v) is 3.01. The Morgan fingerprint density at radius 1 is 1.19 bits per heavy atom. The van der Waals surface area contributed by atoms with Crippen LogP contribution < -0.4 is 5.32 Å². The molecule has 1 saturated heterocycles. The van der Waals surface area contributed by atoms with E-state index in [-0.39, 0.29) is 0 Å². The molecule has 0 saturated carbocycles. The van der Waals surface area contributed by atoms with E-state index in [0.717, 1.165) is 45.6 Å². The Kier molecular flexibility index (Phi) is 6.68. The van der Waals surface area contributed by atoms with Gasteiger partial charge in [0.15, 0.2) is 0 Å². The number of hydrogen-bond donors (Lipinski definition) is 1. The highest BCUT2D eigenvalue weighted by atomic mass is 16.5. The van der Waals surface area contributed by atoms with Crippen molar-refractivity contribution in [2.75, 3.05) is 19.7 Å². The van der Waals surface area contributed by atoms with E-state index >= 15 is 0 Å². The van der Waals surface area contributed by atoms with Crippen molar-refractivity contribution >= 4 is 0 Å². The van der Waals surface area contributed by atoms with E-state index in [0.29, 0.717) is 12.1 Å². The molecule has 2 rings (SSSR count). The molecule has 2 unspecified atom stereocenters. The molecule has 1 fully saturated rings. The minimum Gasteiger partial charge on any atom is -0.378 e. The lowest BCUT2D eigenvalue weighted by molar-refractivity contribution is 0.0130. The van der Waals surface area contributed by atoms with E-state index in [1.165, 1.54) is 11.1 Å². The molecule has 1 heterocycles. The maximum absolute atomic E-state index is 5.62. The number of benzene rings is 1. The lowest BCUT2D eigenvalue weighted by Gasteiger charge is -2.28. The summed E-state index contributed by atoms with van der Waals surface area (Å²) in [7, 11) is 0. The average Bonchev–Trinajstić information content (AvgIpc) is 2.51. The van der Waals surface area contributed by atoms with Gasteiger partial charge < -0.3 is 10.1 Å². The van der Waals surface area contributed by atoms with Gasteiger partial charge >= 0.3 is 0 Å². The molecule has 1 aliphatic rings. The molecule has 1 aliphatic heterocycles. The van der Waals surface area contributed by atoms with Crippen LogP contribution in [0.3, 0.4) is 0 Å². The van der Waals surface area contributed by atoms with E-state index in [1.807, 2.05) is 0 Å². The molecule has 1 aromatic rings. The van der Waals surface area contributed by atoms with Gasteiger partial charge in [0.2, 0.25) is 0 Å². The fourth-order valence-electron chi connectivity index (χ4n) is 3.01. The zero-order valence-electron chi connectivity index (χ0n) is 13.8. The summed E-state index contributed by atoms with van der Waals surface area (Å²) in [6.45, 7) is 11.7. The molecule has 2 atom stereocenters. The largest absolute Gasteiger partial charge is 0.378 e. The third-order valence-corrected chi connectivity index (χ3v) is 4.47. The second-order valence-corrected chi connectivity index (χ2v) is 6.01. The van der Waals surface area contributed by atoms with E-state index in [2.05, 4.69) is 55.3 Å². The molecule has 0 radical (unpaired) electrons. The summed E-state index contributed by atoms with van der Waals surface area (Å²) in [5.74, 6) is 0. The van der Waals surface area contributed by atoms with Crippen LogP contribution >= 0.6 is 0 Å². The molecule has 1 aromatic carbocycles. The highest BCUT2D eigenvalue weighted by Gasteiger charge is 2.18. The van der Waals surface area contributed by atoms with Crippen molar-refractivity contribution in [3.8, 4) is 0 Å². The normalized spacial score (nSPS) is 22.7. The van der Waals surface area contributed by atoms with E-state index in [4.69, 9.17) is 4.74 Å². The number of hydrogen-bond acceptors (Lipinski definition) is 3. The van der Waals surface area contributed by atoms with Gasteiger partial charge in [-0.25, -0.2) is 0 Å². The van der Waals surface area contributed by atoms with Crippen LogP contribution in [0.4, 0.5) is 0 Å². The number of nitrogens with one attached hydrogen (secondary N) is 1. The zero-order valence-corrected chi connectivity index (χ0v) is 13.8. The van der Waals surface area contributed by atoms with Crippen molar-refractivity contribution in [3.05, 3.63) is 35.4 Å². The van der Waals surface area contributed by atoms with Crippen LogP contribution in [0, 0.1) is 0 Å². The molecule has 0 spiro atoms. The first-order valence-corrected chi connectivity index (χ1v) is 8.37.